The van der Waals surface area contributed by atoms with Crippen molar-refractivity contribution in [2.75, 3.05) is 23.3 Å². The van der Waals surface area contributed by atoms with Crippen LogP contribution < -0.4 is 10.2 Å². The van der Waals surface area contributed by atoms with Gasteiger partial charge in [-0.3, -0.25) is 4.79 Å². The molecule has 0 aromatic heterocycles. The number of para-hydroxylation sites is 2. The van der Waals surface area contributed by atoms with Crippen LogP contribution in [-0.2, 0) is 9.59 Å². The molecule has 0 spiro atoms. The minimum atomic E-state index is -5.08. The molecule has 0 aliphatic carbocycles. The number of carboxylic acid groups (broad SMARTS) is 1. The summed E-state index contributed by atoms with van der Waals surface area (Å²) in [5.41, 5.74) is 3.09. The van der Waals surface area contributed by atoms with Crippen molar-refractivity contribution in [1.82, 2.24) is 0 Å². The fourth-order valence-electron chi connectivity index (χ4n) is 2.95. The number of anilines is 2. The van der Waals surface area contributed by atoms with Gasteiger partial charge in [-0.1, -0.05) is 42.5 Å². The number of nitrogens with one attached hydrogen (secondary N) is 1. The molecule has 2 aromatic carbocycles. The zero-order valence-corrected chi connectivity index (χ0v) is 15.9. The number of carbonyl (C=O) groups is 2. The van der Waals surface area contributed by atoms with Crippen LogP contribution >= 0.6 is 0 Å². The number of nitrogens with zero attached hydrogens (tertiary/aromatic N) is 1. The van der Waals surface area contributed by atoms with Crippen molar-refractivity contribution in [2.45, 2.75) is 31.9 Å². The summed E-state index contributed by atoms with van der Waals surface area (Å²) in [5, 5.41) is 10.2. The number of carboxylic acids is 1. The molecule has 1 heterocycles. The van der Waals surface area contributed by atoms with E-state index >= 15 is 0 Å². The molecule has 1 amide bonds. The van der Waals surface area contributed by atoms with Gasteiger partial charge in [0.25, 0.3) is 0 Å². The fraction of sp³-hybridized carbons (Fsp3) is 0.333. The first kappa shape index (κ1) is 22.3. The topological polar surface area (TPSA) is 69.6 Å². The molecule has 1 aliphatic heterocycles. The second-order valence-electron chi connectivity index (χ2n) is 6.64. The highest BCUT2D eigenvalue weighted by Crippen LogP contribution is 2.29. The van der Waals surface area contributed by atoms with E-state index in [9.17, 15) is 18.0 Å². The van der Waals surface area contributed by atoms with Gasteiger partial charge in [0.05, 0.1) is 17.3 Å². The van der Waals surface area contributed by atoms with Crippen LogP contribution in [0.1, 0.15) is 31.2 Å². The number of carbonyl (C=O) groups excluding carboxylic acids is 1. The number of hydrogen-bond acceptors (Lipinski definition) is 3. The van der Waals surface area contributed by atoms with Crippen molar-refractivity contribution >= 4 is 23.3 Å². The Morgan fingerprint density at radius 1 is 1.00 bits per heavy atom. The number of benzene rings is 2. The van der Waals surface area contributed by atoms with Crippen LogP contribution in [0.4, 0.5) is 24.5 Å². The van der Waals surface area contributed by atoms with Crippen molar-refractivity contribution in [3.05, 3.63) is 60.2 Å². The molecular weight excluding hydrogens is 385 g/mol. The van der Waals surface area contributed by atoms with Gasteiger partial charge in [0.15, 0.2) is 0 Å². The standard InChI is InChI=1S/C19H22N2O.C2HF3O2/c1-15(16-9-3-2-4-10-16)19(22)20-17-11-5-6-12-18(17)21-13-7-8-14-21;3-2(4,5)1(6)7/h2-6,9-12,15H,7-8,13-14H2,1H3,(H,20,22);(H,6,7). The first-order chi connectivity index (χ1) is 13.7. The normalized spacial score (nSPS) is 14.6. The van der Waals surface area contributed by atoms with Crippen LogP contribution in [0.25, 0.3) is 0 Å². The number of aliphatic carboxylic acids is 1. The van der Waals surface area contributed by atoms with E-state index in [4.69, 9.17) is 9.90 Å². The lowest BCUT2D eigenvalue weighted by molar-refractivity contribution is -0.192. The molecule has 1 atom stereocenters. The average Bonchev–Trinajstić information content (AvgIpc) is 3.23. The highest BCUT2D eigenvalue weighted by molar-refractivity contribution is 5.98. The predicted octanol–water partition coefficient (Wildman–Crippen LogP) is 4.66. The van der Waals surface area contributed by atoms with Crippen molar-refractivity contribution in [2.24, 2.45) is 0 Å². The van der Waals surface area contributed by atoms with E-state index in [1.54, 1.807) is 0 Å². The van der Waals surface area contributed by atoms with Gasteiger partial charge in [-0.05, 0) is 37.5 Å². The molecular formula is C21H23F3N2O3. The lowest BCUT2D eigenvalue weighted by Crippen LogP contribution is -2.23. The Bertz CT molecular complexity index is 819. The SMILES string of the molecule is CC(C(=O)Nc1ccccc1N1CCCC1)c1ccccc1.O=C(O)C(F)(F)F. The smallest absolute Gasteiger partial charge is 0.475 e. The first-order valence-electron chi connectivity index (χ1n) is 9.20. The zero-order valence-electron chi connectivity index (χ0n) is 15.9. The van der Waals surface area contributed by atoms with Gasteiger partial charge in [0, 0.05) is 13.1 Å². The molecule has 0 saturated carbocycles. The van der Waals surface area contributed by atoms with Crippen molar-refractivity contribution in [3.63, 3.8) is 0 Å². The van der Waals surface area contributed by atoms with Gasteiger partial charge < -0.3 is 15.3 Å². The van der Waals surface area contributed by atoms with Crippen LogP contribution in [0, 0.1) is 0 Å². The molecule has 0 bridgehead atoms. The molecule has 1 fully saturated rings. The summed E-state index contributed by atoms with van der Waals surface area (Å²) >= 11 is 0. The molecule has 2 aromatic rings. The van der Waals surface area contributed by atoms with Crippen LogP contribution in [0.15, 0.2) is 54.6 Å². The Morgan fingerprint density at radius 2 is 1.52 bits per heavy atom. The molecule has 1 aliphatic rings. The van der Waals surface area contributed by atoms with Crippen molar-refractivity contribution in [3.8, 4) is 0 Å². The number of halogens is 3. The zero-order chi connectivity index (χ0) is 21.4. The minimum absolute atomic E-state index is 0.0397. The number of alkyl halides is 3. The Kier molecular flexibility index (Phi) is 7.64. The molecule has 1 saturated heterocycles. The summed E-state index contributed by atoms with van der Waals surface area (Å²) in [6, 6.07) is 18.0. The lowest BCUT2D eigenvalue weighted by atomic mass is 10.0. The maximum absolute atomic E-state index is 12.6. The van der Waals surface area contributed by atoms with Crippen LogP contribution in [0.5, 0.6) is 0 Å². The van der Waals surface area contributed by atoms with Gasteiger partial charge in [0.2, 0.25) is 5.91 Å². The van der Waals surface area contributed by atoms with E-state index in [1.807, 2.05) is 55.5 Å². The minimum Gasteiger partial charge on any atom is -0.475 e. The Hall–Kier alpha value is -3.03. The number of amides is 1. The van der Waals surface area contributed by atoms with E-state index in [0.29, 0.717) is 0 Å². The third-order valence-corrected chi connectivity index (χ3v) is 4.54. The lowest BCUT2D eigenvalue weighted by Gasteiger charge is -2.22. The average molecular weight is 408 g/mol. The Labute approximate surface area is 167 Å². The number of rotatable bonds is 4. The second-order valence-corrected chi connectivity index (χ2v) is 6.64. The summed E-state index contributed by atoms with van der Waals surface area (Å²) < 4.78 is 31.7. The molecule has 5 nitrogen and oxygen atoms in total. The van der Waals surface area contributed by atoms with Gasteiger partial charge >= 0.3 is 12.1 Å². The van der Waals surface area contributed by atoms with Gasteiger partial charge in [-0.2, -0.15) is 13.2 Å². The molecule has 156 valence electrons. The molecule has 29 heavy (non-hydrogen) atoms. The monoisotopic (exact) mass is 408 g/mol. The van der Waals surface area contributed by atoms with E-state index in [0.717, 1.165) is 30.0 Å². The quantitative estimate of drug-likeness (QED) is 0.772. The third kappa shape index (κ3) is 6.51. The van der Waals surface area contributed by atoms with E-state index in [-0.39, 0.29) is 11.8 Å². The summed E-state index contributed by atoms with van der Waals surface area (Å²) in [7, 11) is 0. The highest BCUT2D eigenvalue weighted by Gasteiger charge is 2.38. The molecule has 1 unspecified atom stereocenters. The summed E-state index contributed by atoms with van der Waals surface area (Å²) in [5.74, 6) is -2.88. The van der Waals surface area contributed by atoms with Crippen molar-refractivity contribution in [1.29, 1.82) is 0 Å². The second kappa shape index (κ2) is 9.95. The highest BCUT2D eigenvalue weighted by atomic mass is 19.4. The predicted molar refractivity (Wildman–Crippen MR) is 105 cm³/mol. The third-order valence-electron chi connectivity index (χ3n) is 4.54. The van der Waals surface area contributed by atoms with Gasteiger partial charge in [0.1, 0.15) is 0 Å². The van der Waals surface area contributed by atoms with E-state index in [2.05, 4.69) is 16.3 Å². The van der Waals surface area contributed by atoms with Gasteiger partial charge in [-0.25, -0.2) is 4.79 Å². The van der Waals surface area contributed by atoms with Crippen molar-refractivity contribution < 1.29 is 27.9 Å². The summed E-state index contributed by atoms with van der Waals surface area (Å²) in [6.07, 6.45) is -2.63. The van der Waals surface area contributed by atoms with Crippen LogP contribution in [0.3, 0.4) is 0 Å². The molecule has 8 heteroatoms. The maximum Gasteiger partial charge on any atom is 0.490 e. The Balaban J connectivity index is 0.000000370. The van der Waals surface area contributed by atoms with Crippen LogP contribution in [0.2, 0.25) is 0 Å². The summed E-state index contributed by atoms with van der Waals surface area (Å²) in [6.45, 7) is 4.09. The van der Waals surface area contributed by atoms with Gasteiger partial charge in [-0.15, -0.1) is 0 Å². The van der Waals surface area contributed by atoms with E-state index < -0.39 is 12.1 Å². The first-order valence-corrected chi connectivity index (χ1v) is 9.20. The molecule has 0 radical (unpaired) electrons. The molecule has 3 rings (SSSR count). The number of hydrogen-bond donors (Lipinski definition) is 2. The fourth-order valence-corrected chi connectivity index (χ4v) is 2.95. The summed E-state index contributed by atoms with van der Waals surface area (Å²) in [4.78, 5) is 23.8. The Morgan fingerprint density at radius 3 is 2.07 bits per heavy atom. The maximum atomic E-state index is 12.6. The van der Waals surface area contributed by atoms with E-state index in [1.165, 1.54) is 12.8 Å². The van der Waals surface area contributed by atoms with Crippen LogP contribution in [-0.4, -0.2) is 36.2 Å². The largest absolute Gasteiger partial charge is 0.490 e. The molecule has 2 N–H and O–H groups in total.